The van der Waals surface area contributed by atoms with Crippen molar-refractivity contribution >= 4 is 57.2 Å². The van der Waals surface area contributed by atoms with Gasteiger partial charge in [-0.1, -0.05) is 80.3 Å². The third-order valence-electron chi connectivity index (χ3n) is 5.80. The topological polar surface area (TPSA) is 29.5 Å². The fourth-order valence-electron chi connectivity index (χ4n) is 3.94. The molecule has 0 fully saturated rings. The van der Waals surface area contributed by atoms with Crippen LogP contribution in [0.5, 0.6) is 0 Å². The largest absolute Gasteiger partial charge is 0.479 e. The number of carbonyl (C=O) groups is 1. The van der Waals surface area contributed by atoms with E-state index in [0.717, 1.165) is 49.9 Å². The second-order valence-corrected chi connectivity index (χ2v) is 11.2. The average Bonchev–Trinajstić information content (AvgIpc) is 2.86. The smallest absolute Gasteiger partial charge is 0.404 e. The Morgan fingerprint density at radius 1 is 0.946 bits per heavy atom. The van der Waals surface area contributed by atoms with Gasteiger partial charge in [0.15, 0.2) is 0 Å². The van der Waals surface area contributed by atoms with Crippen LogP contribution in [-0.2, 0) is 9.53 Å². The van der Waals surface area contributed by atoms with Crippen LogP contribution in [0, 0.1) is 0 Å². The van der Waals surface area contributed by atoms with E-state index in [1.54, 1.807) is 11.8 Å². The van der Waals surface area contributed by atoms with Crippen LogP contribution in [0.2, 0.25) is 0 Å². The van der Waals surface area contributed by atoms with Crippen molar-refractivity contribution in [2.24, 2.45) is 0 Å². The van der Waals surface area contributed by atoms with Crippen molar-refractivity contribution in [1.82, 2.24) is 0 Å². The van der Waals surface area contributed by atoms with Crippen LogP contribution in [0.1, 0.15) is 64.7 Å². The normalized spacial score (nSPS) is 13.1. The summed E-state index contributed by atoms with van der Waals surface area (Å²) in [6, 6.07) is 19.2. The first-order valence-electron chi connectivity index (χ1n) is 12.7. The second-order valence-electron chi connectivity index (χ2n) is 8.73. The van der Waals surface area contributed by atoms with Crippen molar-refractivity contribution in [3.63, 3.8) is 0 Å². The maximum absolute atomic E-state index is 13.1. The maximum atomic E-state index is 13.1. The van der Waals surface area contributed by atoms with Crippen molar-refractivity contribution in [1.29, 1.82) is 0 Å². The Balaban J connectivity index is 1.73. The zero-order valence-electron chi connectivity index (χ0n) is 21.1. The molecule has 9 heteroatoms. The summed E-state index contributed by atoms with van der Waals surface area (Å²) in [5, 5.41) is -2.22. The molecule has 1 amide bonds. The van der Waals surface area contributed by atoms with Crippen LogP contribution < -0.4 is 4.90 Å². The van der Waals surface area contributed by atoms with Gasteiger partial charge in [0.1, 0.15) is 5.38 Å². The summed E-state index contributed by atoms with van der Waals surface area (Å²) in [6.45, 7) is 2.18. The van der Waals surface area contributed by atoms with E-state index in [1.165, 1.54) is 11.8 Å². The number of rotatable bonds is 15. The minimum Gasteiger partial charge on any atom is -0.479 e. The number of hydrogen-bond donors (Lipinski definition) is 0. The Morgan fingerprint density at radius 2 is 1.46 bits per heavy atom. The van der Waals surface area contributed by atoms with Gasteiger partial charge < -0.3 is 4.74 Å². The van der Waals surface area contributed by atoms with Gasteiger partial charge in [-0.15, -0.1) is 11.6 Å². The molecule has 0 N–H and O–H groups in total. The fraction of sp³-hybridized carbons (Fsp3) is 0.500. The van der Waals surface area contributed by atoms with Crippen molar-refractivity contribution in [3.8, 4) is 0 Å². The first-order valence-corrected chi connectivity index (χ1v) is 14.4. The van der Waals surface area contributed by atoms with Crippen LogP contribution in [0.3, 0.4) is 0 Å². The Labute approximate surface area is 233 Å². The number of thioether (sulfide) groups is 1. The SMILES string of the molecule is CCOC(=S)SC(CCCCCCCCC(=O)N(c1ccccc1)c1ccccc1)CC(Cl)C(F)(F)F. The number of amides is 1. The van der Waals surface area contributed by atoms with Crippen molar-refractivity contribution in [2.75, 3.05) is 11.5 Å². The minimum atomic E-state index is -4.43. The summed E-state index contributed by atoms with van der Waals surface area (Å²) < 4.78 is 44.3. The standard InChI is InChI=1S/C28H35ClF3NO2S2/c1-2-35-27(36)37-24(21-25(29)28(30,31)32)19-13-5-3-4-6-14-20-26(34)33(22-15-9-7-10-16-22)23-17-11-8-12-18-23/h7-12,15-18,24-25H,2-6,13-14,19-21H2,1H3. The summed E-state index contributed by atoms with van der Waals surface area (Å²) in [7, 11) is 0. The van der Waals surface area contributed by atoms with Gasteiger partial charge in [0.25, 0.3) is 0 Å². The highest BCUT2D eigenvalue weighted by molar-refractivity contribution is 8.23. The van der Waals surface area contributed by atoms with Gasteiger partial charge in [0, 0.05) is 23.0 Å². The highest BCUT2D eigenvalue weighted by Gasteiger charge is 2.39. The molecule has 0 saturated heterocycles. The minimum absolute atomic E-state index is 0.0582. The van der Waals surface area contributed by atoms with Gasteiger partial charge in [-0.3, -0.25) is 9.69 Å². The number of nitrogens with zero attached hydrogens (tertiary/aromatic N) is 1. The maximum Gasteiger partial charge on any atom is 0.404 e. The van der Waals surface area contributed by atoms with Crippen molar-refractivity contribution < 1.29 is 22.7 Å². The predicted molar refractivity (Wildman–Crippen MR) is 153 cm³/mol. The number of hydrogen-bond acceptors (Lipinski definition) is 4. The van der Waals surface area contributed by atoms with Gasteiger partial charge in [-0.25, -0.2) is 0 Å². The highest BCUT2D eigenvalue weighted by atomic mass is 35.5. The Morgan fingerprint density at radius 3 is 1.97 bits per heavy atom. The molecule has 0 saturated carbocycles. The number of ether oxygens (including phenoxy) is 1. The molecule has 0 heterocycles. The predicted octanol–water partition coefficient (Wildman–Crippen LogP) is 9.46. The van der Waals surface area contributed by atoms with Crippen LogP contribution in [0.4, 0.5) is 24.5 Å². The molecule has 0 aliphatic heterocycles. The number of para-hydroxylation sites is 2. The van der Waals surface area contributed by atoms with Gasteiger partial charge >= 0.3 is 6.18 Å². The molecule has 2 atom stereocenters. The van der Waals surface area contributed by atoms with Crippen LogP contribution in [0.25, 0.3) is 0 Å². The number of unbranched alkanes of at least 4 members (excludes halogenated alkanes) is 5. The van der Waals surface area contributed by atoms with E-state index < -0.39 is 11.6 Å². The summed E-state index contributed by atoms with van der Waals surface area (Å²) in [5.41, 5.74) is 1.69. The van der Waals surface area contributed by atoms with E-state index in [0.29, 0.717) is 19.4 Å². The molecule has 0 aromatic heterocycles. The van der Waals surface area contributed by atoms with Gasteiger partial charge in [-0.2, -0.15) is 13.2 Å². The Kier molecular flexibility index (Phi) is 14.4. The zero-order valence-corrected chi connectivity index (χ0v) is 23.5. The summed E-state index contributed by atoms with van der Waals surface area (Å²) in [6.07, 6.45) is 1.78. The molecule has 0 bridgehead atoms. The summed E-state index contributed by atoms with van der Waals surface area (Å²) in [5.74, 6) is 0.0582. The molecule has 204 valence electrons. The number of carbonyl (C=O) groups excluding carboxylic acids is 1. The van der Waals surface area contributed by atoms with Crippen LogP contribution >= 0.6 is 35.6 Å². The monoisotopic (exact) mass is 573 g/mol. The van der Waals surface area contributed by atoms with Gasteiger partial charge in [0.2, 0.25) is 10.3 Å². The first-order chi connectivity index (χ1) is 17.7. The molecule has 0 spiro atoms. The van der Waals surface area contributed by atoms with E-state index in [2.05, 4.69) is 0 Å². The van der Waals surface area contributed by atoms with E-state index in [1.807, 2.05) is 60.7 Å². The molecule has 0 aliphatic carbocycles. The second kappa shape index (κ2) is 16.9. The number of anilines is 2. The molecule has 37 heavy (non-hydrogen) atoms. The molecular weight excluding hydrogens is 539 g/mol. The highest BCUT2D eigenvalue weighted by Crippen LogP contribution is 2.34. The quantitative estimate of drug-likeness (QED) is 0.120. The lowest BCUT2D eigenvalue weighted by molar-refractivity contribution is -0.131. The number of benzene rings is 2. The van der Waals surface area contributed by atoms with E-state index >= 15 is 0 Å². The van der Waals surface area contributed by atoms with E-state index in [9.17, 15) is 18.0 Å². The van der Waals surface area contributed by atoms with Crippen molar-refractivity contribution in [2.45, 2.75) is 81.5 Å². The summed E-state index contributed by atoms with van der Waals surface area (Å²) in [4.78, 5) is 14.8. The third-order valence-corrected chi connectivity index (χ3v) is 7.70. The van der Waals surface area contributed by atoms with Crippen molar-refractivity contribution in [3.05, 3.63) is 60.7 Å². The Bertz CT molecular complexity index is 893. The Hall–Kier alpha value is -1.77. The summed E-state index contributed by atoms with van der Waals surface area (Å²) >= 11 is 11.9. The molecule has 2 aromatic carbocycles. The number of halogens is 4. The first kappa shape index (κ1) is 31.4. The molecule has 0 aliphatic rings. The van der Waals surface area contributed by atoms with E-state index in [4.69, 9.17) is 28.6 Å². The lowest BCUT2D eigenvalue weighted by atomic mass is 10.0. The van der Waals surface area contributed by atoms with E-state index in [-0.39, 0.29) is 22.0 Å². The van der Waals surface area contributed by atoms with Crippen LogP contribution in [0.15, 0.2) is 60.7 Å². The lowest BCUT2D eigenvalue weighted by Crippen LogP contribution is -2.27. The molecule has 2 rings (SSSR count). The number of thiocarbonyl (C=S) groups is 1. The van der Waals surface area contributed by atoms with Crippen LogP contribution in [-0.4, -0.2) is 33.7 Å². The fourth-order valence-corrected chi connectivity index (χ4v) is 5.81. The molecular formula is C28H35ClF3NO2S2. The zero-order chi connectivity index (χ0) is 27.1. The molecule has 3 nitrogen and oxygen atoms in total. The van der Waals surface area contributed by atoms with Gasteiger partial charge in [0.05, 0.1) is 6.61 Å². The van der Waals surface area contributed by atoms with Gasteiger partial charge in [-0.05, 0) is 62.7 Å². The lowest BCUT2D eigenvalue weighted by Gasteiger charge is -2.23. The molecule has 0 radical (unpaired) electrons. The third kappa shape index (κ3) is 12.1. The number of alkyl halides is 4. The molecule has 2 aromatic rings. The average molecular weight is 574 g/mol. The molecule has 2 unspecified atom stereocenters.